The van der Waals surface area contributed by atoms with Crippen LogP contribution in [-0.2, 0) is 6.42 Å². The number of hydrogen-bond acceptors (Lipinski definition) is 3. The summed E-state index contributed by atoms with van der Waals surface area (Å²) in [6.45, 7) is 11.0. The summed E-state index contributed by atoms with van der Waals surface area (Å²) < 4.78 is 0. The lowest BCUT2D eigenvalue weighted by Gasteiger charge is -2.21. The van der Waals surface area contributed by atoms with E-state index in [4.69, 9.17) is 0 Å². The molecule has 0 aliphatic carbocycles. The lowest BCUT2D eigenvalue weighted by Crippen LogP contribution is -2.42. The molecule has 0 fully saturated rings. The van der Waals surface area contributed by atoms with Crippen molar-refractivity contribution < 1.29 is 0 Å². The summed E-state index contributed by atoms with van der Waals surface area (Å²) >= 11 is 0. The Morgan fingerprint density at radius 3 is 2.64 bits per heavy atom. The number of aromatic nitrogens is 2. The van der Waals surface area contributed by atoms with E-state index in [1.807, 2.05) is 25.2 Å². The molecule has 0 aliphatic rings. The highest BCUT2D eigenvalue weighted by atomic mass is 127. The Balaban J connectivity index is 0.00000392. The second kappa shape index (κ2) is 13.8. The third-order valence-electron chi connectivity index (χ3n) is 4.93. The molecule has 3 N–H and O–H groups in total. The quantitative estimate of drug-likeness (QED) is 0.190. The van der Waals surface area contributed by atoms with E-state index in [0.29, 0.717) is 6.04 Å². The summed E-state index contributed by atoms with van der Waals surface area (Å²) in [5, 5.41) is 6.91. The number of nitrogens with one attached hydrogen (secondary N) is 3. The Morgan fingerprint density at radius 2 is 1.96 bits per heavy atom. The molecule has 0 saturated heterocycles. The molecule has 0 bridgehead atoms. The van der Waals surface area contributed by atoms with Crippen LogP contribution in [0.2, 0.25) is 0 Å². The molecule has 158 valence electrons. The highest BCUT2D eigenvalue weighted by Gasteiger charge is 2.07. The molecule has 7 heteroatoms. The topological polar surface area (TPSA) is 68.3 Å². The van der Waals surface area contributed by atoms with Crippen molar-refractivity contribution in [2.45, 2.75) is 52.5 Å². The van der Waals surface area contributed by atoms with E-state index in [9.17, 15) is 0 Å². The minimum atomic E-state index is 0. The van der Waals surface area contributed by atoms with E-state index in [1.54, 1.807) is 0 Å². The summed E-state index contributed by atoms with van der Waals surface area (Å²) in [5.41, 5.74) is 2.15. The van der Waals surface area contributed by atoms with Gasteiger partial charge in [0.2, 0.25) is 0 Å². The van der Waals surface area contributed by atoms with Crippen LogP contribution in [0.3, 0.4) is 0 Å². The van der Waals surface area contributed by atoms with E-state index >= 15 is 0 Å². The van der Waals surface area contributed by atoms with E-state index in [0.717, 1.165) is 61.7 Å². The zero-order chi connectivity index (χ0) is 19.5. The van der Waals surface area contributed by atoms with Gasteiger partial charge in [0, 0.05) is 26.1 Å². The van der Waals surface area contributed by atoms with Gasteiger partial charge in [0.05, 0.1) is 11.0 Å². The minimum absolute atomic E-state index is 0. The number of aromatic amines is 1. The molecule has 2 aromatic rings. The van der Waals surface area contributed by atoms with Gasteiger partial charge in [0.1, 0.15) is 5.82 Å². The second-order valence-electron chi connectivity index (χ2n) is 7.02. The molecule has 1 heterocycles. The fraction of sp³-hybridized carbons (Fsp3) is 0.619. The van der Waals surface area contributed by atoms with Crippen LogP contribution in [0.1, 0.15) is 45.9 Å². The Kier molecular flexibility index (Phi) is 12.1. The molecule has 0 radical (unpaired) electrons. The number of H-pyrrole nitrogens is 1. The maximum Gasteiger partial charge on any atom is 0.191 e. The highest BCUT2D eigenvalue weighted by molar-refractivity contribution is 14.0. The Hall–Kier alpha value is -1.35. The third-order valence-corrected chi connectivity index (χ3v) is 4.93. The van der Waals surface area contributed by atoms with Gasteiger partial charge in [-0.05, 0) is 58.0 Å². The van der Waals surface area contributed by atoms with Gasteiger partial charge in [-0.3, -0.25) is 4.99 Å². The molecule has 0 amide bonds. The van der Waals surface area contributed by atoms with Crippen LogP contribution in [0.15, 0.2) is 29.3 Å². The van der Waals surface area contributed by atoms with E-state index in [-0.39, 0.29) is 24.0 Å². The monoisotopic (exact) mass is 500 g/mol. The molecular weight excluding hydrogens is 463 g/mol. The molecule has 1 aromatic carbocycles. The van der Waals surface area contributed by atoms with Gasteiger partial charge >= 0.3 is 0 Å². The van der Waals surface area contributed by atoms with Crippen molar-refractivity contribution in [3.05, 3.63) is 30.1 Å². The number of nitrogens with zero attached hydrogens (tertiary/aromatic N) is 3. The molecule has 0 saturated carbocycles. The molecule has 0 spiro atoms. The third kappa shape index (κ3) is 8.34. The minimum Gasteiger partial charge on any atom is -0.356 e. The largest absolute Gasteiger partial charge is 0.356 e. The van der Waals surface area contributed by atoms with Crippen LogP contribution in [0.4, 0.5) is 0 Å². The molecule has 1 atom stereocenters. The summed E-state index contributed by atoms with van der Waals surface area (Å²) in [6, 6.07) is 8.58. The van der Waals surface area contributed by atoms with Gasteiger partial charge < -0.3 is 20.5 Å². The molecule has 1 aromatic heterocycles. The van der Waals surface area contributed by atoms with Gasteiger partial charge in [-0.1, -0.05) is 26.0 Å². The van der Waals surface area contributed by atoms with E-state index < -0.39 is 0 Å². The van der Waals surface area contributed by atoms with Crippen LogP contribution in [0, 0.1) is 0 Å². The van der Waals surface area contributed by atoms with Crippen molar-refractivity contribution in [2.75, 3.05) is 33.2 Å². The molecule has 0 aliphatic heterocycles. The maximum absolute atomic E-state index is 4.63. The fourth-order valence-electron chi connectivity index (χ4n) is 3.25. The zero-order valence-corrected chi connectivity index (χ0v) is 20.1. The van der Waals surface area contributed by atoms with Crippen molar-refractivity contribution in [1.29, 1.82) is 0 Å². The molecule has 28 heavy (non-hydrogen) atoms. The first-order valence-corrected chi connectivity index (χ1v) is 10.3. The van der Waals surface area contributed by atoms with Gasteiger partial charge in [-0.15, -0.1) is 24.0 Å². The summed E-state index contributed by atoms with van der Waals surface area (Å²) in [7, 11) is 1.83. The molecular formula is C21H37IN6. The lowest BCUT2D eigenvalue weighted by molar-refractivity contribution is 0.292. The van der Waals surface area contributed by atoms with Crippen LogP contribution in [0.25, 0.3) is 11.0 Å². The molecule has 6 nitrogen and oxygen atoms in total. The van der Waals surface area contributed by atoms with Crippen molar-refractivity contribution >= 4 is 41.0 Å². The van der Waals surface area contributed by atoms with Gasteiger partial charge in [0.15, 0.2) is 5.96 Å². The maximum atomic E-state index is 4.63. The van der Waals surface area contributed by atoms with Crippen molar-refractivity contribution in [3.63, 3.8) is 0 Å². The predicted molar refractivity (Wildman–Crippen MR) is 131 cm³/mol. The SMILES string of the molecule is CCN(CC)CCCC(C)NC(=NC)NCCCc1nc2ccccc2[nH]1.I. The highest BCUT2D eigenvalue weighted by Crippen LogP contribution is 2.11. The Morgan fingerprint density at radius 1 is 1.21 bits per heavy atom. The van der Waals surface area contributed by atoms with E-state index in [1.165, 1.54) is 13.0 Å². The fourth-order valence-corrected chi connectivity index (χ4v) is 3.25. The standard InChI is InChI=1S/C21H36N6.HI/c1-5-27(6-2)16-10-11-17(3)24-21(22-4)23-15-9-14-20-25-18-12-7-8-13-19(18)26-20;/h7-8,12-13,17H,5-6,9-11,14-16H2,1-4H3,(H,25,26)(H2,22,23,24);1H. The van der Waals surface area contributed by atoms with Crippen LogP contribution < -0.4 is 10.6 Å². The van der Waals surface area contributed by atoms with Crippen molar-refractivity contribution in [1.82, 2.24) is 25.5 Å². The Labute approximate surface area is 187 Å². The predicted octanol–water partition coefficient (Wildman–Crippen LogP) is 3.79. The molecule has 1 unspecified atom stereocenters. The normalized spacial score (nSPS) is 12.8. The van der Waals surface area contributed by atoms with Crippen LogP contribution in [0.5, 0.6) is 0 Å². The van der Waals surface area contributed by atoms with Crippen molar-refractivity contribution in [3.8, 4) is 0 Å². The van der Waals surface area contributed by atoms with Gasteiger partial charge in [-0.25, -0.2) is 4.98 Å². The first-order valence-electron chi connectivity index (χ1n) is 10.3. The van der Waals surface area contributed by atoms with Gasteiger partial charge in [-0.2, -0.15) is 0 Å². The lowest BCUT2D eigenvalue weighted by atomic mass is 10.2. The number of guanidine groups is 1. The number of halogens is 1. The second-order valence-corrected chi connectivity index (χ2v) is 7.02. The molecule has 2 rings (SSSR count). The number of hydrogen-bond donors (Lipinski definition) is 3. The summed E-state index contributed by atoms with van der Waals surface area (Å²) in [5.74, 6) is 1.93. The number of rotatable bonds is 11. The smallest absolute Gasteiger partial charge is 0.191 e. The summed E-state index contributed by atoms with van der Waals surface area (Å²) in [4.78, 5) is 14.8. The van der Waals surface area contributed by atoms with Gasteiger partial charge in [0.25, 0.3) is 0 Å². The number of aliphatic imine (C=N–C) groups is 1. The average molecular weight is 500 g/mol. The number of benzene rings is 1. The first-order chi connectivity index (χ1) is 13.2. The first kappa shape index (κ1) is 24.7. The number of imidazole rings is 1. The average Bonchev–Trinajstić information content (AvgIpc) is 3.10. The van der Waals surface area contributed by atoms with Crippen molar-refractivity contribution in [2.24, 2.45) is 4.99 Å². The number of aryl methyl sites for hydroxylation is 1. The number of para-hydroxylation sites is 2. The van der Waals surface area contributed by atoms with Crippen LogP contribution in [-0.4, -0.2) is 60.1 Å². The van der Waals surface area contributed by atoms with Crippen LogP contribution >= 0.6 is 24.0 Å². The van der Waals surface area contributed by atoms with E-state index in [2.05, 4.69) is 57.3 Å². The summed E-state index contributed by atoms with van der Waals surface area (Å²) in [6.07, 6.45) is 4.30. The Bertz CT molecular complexity index is 662. The number of fused-ring (bicyclic) bond motifs is 1. The zero-order valence-electron chi connectivity index (χ0n) is 17.8.